The van der Waals surface area contributed by atoms with Crippen molar-refractivity contribution in [3.63, 3.8) is 0 Å². The topological polar surface area (TPSA) is 106 Å². The third-order valence-electron chi connectivity index (χ3n) is 4.04. The zero-order chi connectivity index (χ0) is 17.9. The molecule has 2 N–H and O–H groups in total. The number of rotatable bonds is 5. The number of aliphatic hydroxyl groups is 2. The summed E-state index contributed by atoms with van der Waals surface area (Å²) in [5.41, 5.74) is -1.69. The molecule has 1 aliphatic rings. The minimum atomic E-state index is -1.61. The van der Waals surface area contributed by atoms with E-state index in [2.05, 4.69) is 0 Å². The van der Waals surface area contributed by atoms with E-state index >= 15 is 0 Å². The molecular formula is C17H22O7. The Morgan fingerprint density at radius 3 is 2.54 bits per heavy atom. The maximum Gasteiger partial charge on any atom is 0.338 e. The Morgan fingerprint density at radius 2 is 2.00 bits per heavy atom. The summed E-state index contributed by atoms with van der Waals surface area (Å²) in [5, 5.41) is 21.0. The Morgan fingerprint density at radius 1 is 1.33 bits per heavy atom. The SMILES string of the molecule is CCOC(=O)C1=C(O)CC(C)(O)C(C(=O)OCC)C1c1ccco1. The molecule has 1 aromatic heterocycles. The van der Waals surface area contributed by atoms with Gasteiger partial charge >= 0.3 is 11.9 Å². The average Bonchev–Trinajstić information content (AvgIpc) is 2.99. The second-order valence-corrected chi connectivity index (χ2v) is 5.84. The first-order chi connectivity index (χ1) is 11.3. The molecule has 0 saturated carbocycles. The van der Waals surface area contributed by atoms with Gasteiger partial charge < -0.3 is 24.1 Å². The van der Waals surface area contributed by atoms with Crippen LogP contribution in [-0.4, -0.2) is 41.0 Å². The van der Waals surface area contributed by atoms with E-state index in [4.69, 9.17) is 13.9 Å². The molecule has 0 spiro atoms. The van der Waals surface area contributed by atoms with Crippen LogP contribution in [0.25, 0.3) is 0 Å². The van der Waals surface area contributed by atoms with Crippen LogP contribution in [0.15, 0.2) is 34.1 Å². The molecular weight excluding hydrogens is 316 g/mol. The summed E-state index contributed by atoms with van der Waals surface area (Å²) in [6.45, 7) is 4.94. The fourth-order valence-corrected chi connectivity index (χ4v) is 3.10. The lowest BCUT2D eigenvalue weighted by Crippen LogP contribution is -2.49. The van der Waals surface area contributed by atoms with Crippen molar-refractivity contribution >= 4 is 11.9 Å². The van der Waals surface area contributed by atoms with Gasteiger partial charge in [-0.2, -0.15) is 0 Å². The Bertz CT molecular complexity index is 627. The Labute approximate surface area is 139 Å². The largest absolute Gasteiger partial charge is 0.512 e. The van der Waals surface area contributed by atoms with E-state index in [1.807, 2.05) is 0 Å². The van der Waals surface area contributed by atoms with Gasteiger partial charge in [0.15, 0.2) is 0 Å². The molecule has 1 aromatic rings. The number of hydrogen-bond donors (Lipinski definition) is 2. The van der Waals surface area contributed by atoms with Crippen LogP contribution in [0.1, 0.15) is 38.9 Å². The fourth-order valence-electron chi connectivity index (χ4n) is 3.10. The number of ether oxygens (including phenoxy) is 2. The second kappa shape index (κ2) is 7.09. The molecule has 0 aromatic carbocycles. The molecule has 0 amide bonds. The number of aliphatic hydroxyl groups excluding tert-OH is 1. The van der Waals surface area contributed by atoms with Gasteiger partial charge in [-0.15, -0.1) is 0 Å². The van der Waals surface area contributed by atoms with Crippen molar-refractivity contribution in [1.29, 1.82) is 0 Å². The van der Waals surface area contributed by atoms with Crippen molar-refractivity contribution < 1.29 is 33.7 Å². The van der Waals surface area contributed by atoms with Gasteiger partial charge in [0.1, 0.15) is 17.4 Å². The fraction of sp³-hybridized carbons (Fsp3) is 0.529. The molecule has 132 valence electrons. The van der Waals surface area contributed by atoms with Gasteiger partial charge in [0, 0.05) is 6.42 Å². The molecule has 3 unspecified atom stereocenters. The van der Waals surface area contributed by atoms with E-state index in [9.17, 15) is 19.8 Å². The van der Waals surface area contributed by atoms with E-state index < -0.39 is 29.4 Å². The van der Waals surface area contributed by atoms with Crippen molar-refractivity contribution in [2.75, 3.05) is 13.2 Å². The Kier molecular flexibility index (Phi) is 5.33. The number of carbonyl (C=O) groups excluding carboxylic acids is 2. The lowest BCUT2D eigenvalue weighted by Gasteiger charge is -2.40. The first-order valence-corrected chi connectivity index (χ1v) is 7.85. The number of esters is 2. The molecule has 0 saturated heterocycles. The third-order valence-corrected chi connectivity index (χ3v) is 4.04. The lowest BCUT2D eigenvalue weighted by molar-refractivity contribution is -0.161. The predicted octanol–water partition coefficient (Wildman–Crippen LogP) is 2.07. The van der Waals surface area contributed by atoms with E-state index in [0.29, 0.717) is 0 Å². The standard InChI is InChI=1S/C17H22O7/c1-4-22-15(19)12-10(18)9-17(3,21)14(16(20)23-5-2)13(12)11-7-6-8-24-11/h6-8,13-14,18,21H,4-5,9H2,1-3H3. The predicted molar refractivity (Wildman–Crippen MR) is 83.1 cm³/mol. The number of furan rings is 1. The van der Waals surface area contributed by atoms with E-state index in [1.165, 1.54) is 13.2 Å². The quantitative estimate of drug-likeness (QED) is 0.792. The van der Waals surface area contributed by atoms with Crippen LogP contribution >= 0.6 is 0 Å². The van der Waals surface area contributed by atoms with Crippen LogP contribution in [0.5, 0.6) is 0 Å². The van der Waals surface area contributed by atoms with Crippen molar-refractivity contribution in [2.45, 2.75) is 38.7 Å². The smallest absolute Gasteiger partial charge is 0.338 e. The van der Waals surface area contributed by atoms with Gasteiger partial charge in [-0.05, 0) is 32.9 Å². The first kappa shape index (κ1) is 18.1. The van der Waals surface area contributed by atoms with E-state index in [1.54, 1.807) is 26.0 Å². The van der Waals surface area contributed by atoms with E-state index in [0.717, 1.165) is 0 Å². The monoisotopic (exact) mass is 338 g/mol. The summed E-state index contributed by atoms with van der Waals surface area (Å²) in [5.74, 6) is -3.58. The van der Waals surface area contributed by atoms with Crippen molar-refractivity contribution in [2.24, 2.45) is 5.92 Å². The second-order valence-electron chi connectivity index (χ2n) is 5.84. The maximum atomic E-state index is 12.5. The average molecular weight is 338 g/mol. The molecule has 24 heavy (non-hydrogen) atoms. The van der Waals surface area contributed by atoms with Crippen LogP contribution in [0.4, 0.5) is 0 Å². The van der Waals surface area contributed by atoms with Crippen molar-refractivity contribution in [1.82, 2.24) is 0 Å². The first-order valence-electron chi connectivity index (χ1n) is 7.85. The van der Waals surface area contributed by atoms with Crippen LogP contribution in [-0.2, 0) is 19.1 Å². The third kappa shape index (κ3) is 3.31. The van der Waals surface area contributed by atoms with Crippen LogP contribution in [0.2, 0.25) is 0 Å². The maximum absolute atomic E-state index is 12.5. The molecule has 0 aliphatic heterocycles. The molecule has 0 bridgehead atoms. The van der Waals surface area contributed by atoms with Crippen LogP contribution in [0.3, 0.4) is 0 Å². The highest BCUT2D eigenvalue weighted by atomic mass is 16.5. The molecule has 1 heterocycles. The summed E-state index contributed by atoms with van der Waals surface area (Å²) in [7, 11) is 0. The minimum Gasteiger partial charge on any atom is -0.512 e. The number of carbonyl (C=O) groups is 2. The summed E-state index contributed by atoms with van der Waals surface area (Å²) in [6, 6.07) is 3.17. The molecule has 0 fully saturated rings. The molecule has 7 nitrogen and oxygen atoms in total. The van der Waals surface area contributed by atoms with Gasteiger partial charge in [0.25, 0.3) is 0 Å². The highest BCUT2D eigenvalue weighted by molar-refractivity contribution is 5.93. The Balaban J connectivity index is 2.59. The zero-order valence-corrected chi connectivity index (χ0v) is 13.9. The molecule has 3 atom stereocenters. The summed E-state index contributed by atoms with van der Waals surface area (Å²) >= 11 is 0. The van der Waals surface area contributed by atoms with Crippen molar-refractivity contribution in [3.8, 4) is 0 Å². The van der Waals surface area contributed by atoms with E-state index in [-0.39, 0.29) is 36.7 Å². The highest BCUT2D eigenvalue weighted by Gasteiger charge is 2.53. The molecule has 0 radical (unpaired) electrons. The van der Waals surface area contributed by atoms with Gasteiger partial charge in [-0.3, -0.25) is 4.79 Å². The van der Waals surface area contributed by atoms with Crippen LogP contribution < -0.4 is 0 Å². The molecule has 1 aliphatic carbocycles. The molecule has 2 rings (SSSR count). The Hall–Kier alpha value is -2.28. The number of hydrogen-bond acceptors (Lipinski definition) is 7. The van der Waals surface area contributed by atoms with Gasteiger partial charge in [0.2, 0.25) is 0 Å². The summed E-state index contributed by atoms with van der Waals surface area (Å²) in [4.78, 5) is 24.8. The van der Waals surface area contributed by atoms with Gasteiger partial charge in [-0.1, -0.05) is 0 Å². The highest BCUT2D eigenvalue weighted by Crippen LogP contribution is 2.47. The normalized spacial score (nSPS) is 27.0. The van der Waals surface area contributed by atoms with Crippen LogP contribution in [0, 0.1) is 5.92 Å². The van der Waals surface area contributed by atoms with Gasteiger partial charge in [0.05, 0.1) is 36.6 Å². The van der Waals surface area contributed by atoms with Gasteiger partial charge in [-0.25, -0.2) is 4.79 Å². The summed E-state index contributed by atoms with van der Waals surface area (Å²) in [6.07, 6.45) is 1.13. The molecule has 7 heteroatoms. The minimum absolute atomic E-state index is 0.0867. The summed E-state index contributed by atoms with van der Waals surface area (Å²) < 4.78 is 15.4. The zero-order valence-electron chi connectivity index (χ0n) is 13.9. The lowest BCUT2D eigenvalue weighted by atomic mass is 9.68. The van der Waals surface area contributed by atoms with Crippen molar-refractivity contribution in [3.05, 3.63) is 35.5 Å².